The van der Waals surface area contributed by atoms with Gasteiger partial charge < -0.3 is 13.7 Å². The van der Waals surface area contributed by atoms with Gasteiger partial charge in [-0.25, -0.2) is 9.99 Å². The molecule has 0 unspecified atom stereocenters. The van der Waals surface area contributed by atoms with Crippen molar-refractivity contribution < 1.29 is 13.9 Å². The molecule has 9 heteroatoms. The first-order valence-corrected chi connectivity index (χ1v) is 12.7. The number of aromatic nitrogens is 2. The van der Waals surface area contributed by atoms with Gasteiger partial charge in [0, 0.05) is 18.7 Å². The number of furan rings is 1. The summed E-state index contributed by atoms with van der Waals surface area (Å²) in [5.74, 6) is 0.968. The lowest BCUT2D eigenvalue weighted by molar-refractivity contribution is -0.130. The van der Waals surface area contributed by atoms with Gasteiger partial charge in [0.05, 0.1) is 40.9 Å². The van der Waals surface area contributed by atoms with E-state index in [1.54, 1.807) is 22.6 Å². The predicted molar refractivity (Wildman–Crippen MR) is 125 cm³/mol. The van der Waals surface area contributed by atoms with Crippen LogP contribution in [-0.2, 0) is 16.1 Å². The van der Waals surface area contributed by atoms with Crippen LogP contribution in [0.2, 0.25) is 0 Å². The van der Waals surface area contributed by atoms with Gasteiger partial charge in [-0.05, 0) is 50.3 Å². The minimum atomic E-state index is -0.217. The molecule has 3 aromatic rings. The van der Waals surface area contributed by atoms with Crippen LogP contribution in [-0.4, -0.2) is 44.6 Å². The second-order valence-corrected chi connectivity index (χ2v) is 9.99. The maximum atomic E-state index is 13.3. The van der Waals surface area contributed by atoms with Crippen LogP contribution in [0.15, 0.2) is 50.6 Å². The number of carbonyl (C=O) groups is 1. The van der Waals surface area contributed by atoms with Gasteiger partial charge in [-0.1, -0.05) is 17.8 Å². The van der Waals surface area contributed by atoms with Crippen LogP contribution in [0, 0.1) is 13.8 Å². The Kier molecular flexibility index (Phi) is 6.21. The standard InChI is InChI=1S/C23H26N4O3S2/c1-15-16(2)26(13-17-6-3-9-29-17)23(24-15)32-14-22(28)27-19(20-7-4-10-30-20)12-18(25-27)21-8-5-11-31-21/h4-5,7-8,10-11,17,19H,3,6,9,12-14H2,1-2H3/t17-,19-/m0/s1. The van der Waals surface area contributed by atoms with Crippen LogP contribution in [0.5, 0.6) is 0 Å². The molecule has 1 fully saturated rings. The van der Waals surface area contributed by atoms with Gasteiger partial charge in [0.1, 0.15) is 11.8 Å². The molecule has 1 amide bonds. The molecule has 2 aliphatic heterocycles. The smallest absolute Gasteiger partial charge is 0.253 e. The van der Waals surface area contributed by atoms with E-state index in [-0.39, 0.29) is 23.8 Å². The van der Waals surface area contributed by atoms with E-state index in [2.05, 4.69) is 11.5 Å². The van der Waals surface area contributed by atoms with E-state index in [0.29, 0.717) is 6.42 Å². The lowest BCUT2D eigenvalue weighted by Crippen LogP contribution is -2.28. The summed E-state index contributed by atoms with van der Waals surface area (Å²) in [6.45, 7) is 5.70. The maximum absolute atomic E-state index is 13.3. The average molecular weight is 471 g/mol. The maximum Gasteiger partial charge on any atom is 0.253 e. The quantitative estimate of drug-likeness (QED) is 0.464. The molecule has 0 aliphatic carbocycles. The number of aryl methyl sites for hydroxylation is 1. The van der Waals surface area contributed by atoms with E-state index >= 15 is 0 Å². The summed E-state index contributed by atoms with van der Waals surface area (Å²) in [4.78, 5) is 19.1. The van der Waals surface area contributed by atoms with Crippen molar-refractivity contribution in [2.45, 2.75) is 57.0 Å². The van der Waals surface area contributed by atoms with Crippen LogP contribution in [0.4, 0.5) is 0 Å². The fourth-order valence-corrected chi connectivity index (χ4v) is 5.84. The van der Waals surface area contributed by atoms with Gasteiger partial charge in [-0.2, -0.15) is 5.10 Å². The lowest BCUT2D eigenvalue weighted by atomic mass is 10.1. The van der Waals surface area contributed by atoms with Crippen molar-refractivity contribution >= 4 is 34.7 Å². The molecule has 32 heavy (non-hydrogen) atoms. The molecule has 168 valence electrons. The third-order valence-corrected chi connectivity index (χ3v) is 7.88. The highest BCUT2D eigenvalue weighted by molar-refractivity contribution is 7.99. The molecule has 0 radical (unpaired) electrons. The molecular formula is C23H26N4O3S2. The summed E-state index contributed by atoms with van der Waals surface area (Å²) in [6, 6.07) is 7.59. The summed E-state index contributed by atoms with van der Waals surface area (Å²) in [7, 11) is 0. The van der Waals surface area contributed by atoms with Gasteiger partial charge in [0.25, 0.3) is 5.91 Å². The molecule has 0 N–H and O–H groups in total. The monoisotopic (exact) mass is 470 g/mol. The number of hydrogen-bond donors (Lipinski definition) is 0. The van der Waals surface area contributed by atoms with Crippen molar-refractivity contribution in [1.82, 2.24) is 14.6 Å². The molecule has 3 aromatic heterocycles. The van der Waals surface area contributed by atoms with Crippen molar-refractivity contribution in [3.8, 4) is 0 Å². The number of rotatable bonds is 7. The Morgan fingerprint density at radius 3 is 2.94 bits per heavy atom. The molecule has 0 saturated carbocycles. The van der Waals surface area contributed by atoms with E-state index < -0.39 is 0 Å². The van der Waals surface area contributed by atoms with E-state index in [1.165, 1.54) is 11.8 Å². The molecule has 2 atom stereocenters. The average Bonchev–Trinajstić information content (AvgIpc) is 3.59. The molecule has 0 bridgehead atoms. The van der Waals surface area contributed by atoms with Crippen LogP contribution in [0.25, 0.3) is 0 Å². The zero-order valence-electron chi connectivity index (χ0n) is 18.2. The van der Waals surface area contributed by atoms with Gasteiger partial charge in [-0.15, -0.1) is 11.3 Å². The molecule has 5 heterocycles. The van der Waals surface area contributed by atoms with Crippen LogP contribution >= 0.6 is 23.1 Å². The first-order valence-electron chi connectivity index (χ1n) is 10.8. The molecule has 7 nitrogen and oxygen atoms in total. The molecule has 5 rings (SSSR count). The summed E-state index contributed by atoms with van der Waals surface area (Å²) in [5, 5.41) is 9.18. The number of carbonyl (C=O) groups excluding carboxylic acids is 1. The zero-order valence-corrected chi connectivity index (χ0v) is 19.8. The normalized spacial score (nSPS) is 20.8. The Bertz CT molecular complexity index is 1100. The molecule has 2 aliphatic rings. The number of thiophene rings is 1. The highest BCUT2D eigenvalue weighted by atomic mass is 32.2. The third kappa shape index (κ3) is 4.29. The highest BCUT2D eigenvalue weighted by Crippen LogP contribution is 2.35. The van der Waals surface area contributed by atoms with Crippen LogP contribution in [0.1, 0.15) is 47.3 Å². The van der Waals surface area contributed by atoms with E-state index in [1.807, 2.05) is 36.6 Å². The second-order valence-electron chi connectivity index (χ2n) is 8.10. The van der Waals surface area contributed by atoms with Crippen molar-refractivity contribution in [2.75, 3.05) is 12.4 Å². The lowest BCUT2D eigenvalue weighted by Gasteiger charge is -2.20. The minimum absolute atomic E-state index is 0.0510. The first kappa shape index (κ1) is 21.5. The number of hydrogen-bond acceptors (Lipinski definition) is 7. The van der Waals surface area contributed by atoms with Gasteiger partial charge >= 0.3 is 0 Å². The first-order chi connectivity index (χ1) is 15.6. The Labute approximate surface area is 195 Å². The minimum Gasteiger partial charge on any atom is -0.467 e. The van der Waals surface area contributed by atoms with Gasteiger partial charge in [0.15, 0.2) is 5.16 Å². The van der Waals surface area contributed by atoms with Crippen molar-refractivity contribution in [2.24, 2.45) is 5.10 Å². The topological polar surface area (TPSA) is 72.9 Å². The summed E-state index contributed by atoms with van der Waals surface area (Å²) in [5.41, 5.74) is 3.04. The Hall–Kier alpha value is -2.36. The Morgan fingerprint density at radius 1 is 1.31 bits per heavy atom. The molecular weight excluding hydrogens is 444 g/mol. The SMILES string of the molecule is Cc1nc(SCC(=O)N2N=C(c3cccs3)C[C@H]2c2ccco2)n(C[C@@H]2CCCO2)c1C. The third-order valence-electron chi connectivity index (χ3n) is 6.00. The number of thioether (sulfide) groups is 1. The number of hydrazone groups is 1. The van der Waals surface area contributed by atoms with Gasteiger partial charge in [0.2, 0.25) is 0 Å². The van der Waals surface area contributed by atoms with Gasteiger partial charge in [-0.3, -0.25) is 4.79 Å². The number of nitrogens with zero attached hydrogens (tertiary/aromatic N) is 4. The summed E-state index contributed by atoms with van der Waals surface area (Å²) >= 11 is 3.10. The molecule has 1 saturated heterocycles. The van der Waals surface area contributed by atoms with E-state index in [4.69, 9.17) is 19.2 Å². The van der Waals surface area contributed by atoms with Crippen molar-refractivity contribution in [3.63, 3.8) is 0 Å². The highest BCUT2D eigenvalue weighted by Gasteiger charge is 2.35. The van der Waals surface area contributed by atoms with Crippen molar-refractivity contribution in [1.29, 1.82) is 0 Å². The Morgan fingerprint density at radius 2 is 2.22 bits per heavy atom. The predicted octanol–water partition coefficient (Wildman–Crippen LogP) is 4.80. The fraction of sp³-hybridized carbons (Fsp3) is 0.435. The Balaban J connectivity index is 1.33. The molecule has 0 spiro atoms. The molecule has 0 aromatic carbocycles. The van der Waals surface area contributed by atoms with Crippen LogP contribution in [0.3, 0.4) is 0 Å². The zero-order chi connectivity index (χ0) is 22.1. The van der Waals surface area contributed by atoms with E-state index in [9.17, 15) is 4.79 Å². The summed E-state index contributed by atoms with van der Waals surface area (Å²) in [6.07, 6.45) is 4.68. The number of ether oxygens (including phenoxy) is 1. The number of amides is 1. The fourth-order valence-electron chi connectivity index (χ4n) is 4.17. The second kappa shape index (κ2) is 9.25. The largest absolute Gasteiger partial charge is 0.467 e. The van der Waals surface area contributed by atoms with Crippen molar-refractivity contribution in [3.05, 3.63) is 57.9 Å². The summed E-state index contributed by atoms with van der Waals surface area (Å²) < 4.78 is 13.7. The van der Waals surface area contributed by atoms with Crippen LogP contribution < -0.4 is 0 Å². The van der Waals surface area contributed by atoms with E-state index in [0.717, 1.165) is 58.9 Å². The number of imidazole rings is 1.